The van der Waals surface area contributed by atoms with E-state index in [-0.39, 0.29) is 17.9 Å². The highest BCUT2D eigenvalue weighted by Gasteiger charge is 2.18. The molecule has 0 radical (unpaired) electrons. The summed E-state index contributed by atoms with van der Waals surface area (Å²) in [6.07, 6.45) is 8.59. The summed E-state index contributed by atoms with van der Waals surface area (Å²) in [4.78, 5) is 29.8. The van der Waals surface area contributed by atoms with Gasteiger partial charge in [-0.2, -0.15) is 5.10 Å². The molecule has 3 aromatic rings. The Kier molecular flexibility index (Phi) is 6.30. The van der Waals surface area contributed by atoms with Crippen molar-refractivity contribution in [1.29, 1.82) is 0 Å². The number of nitrogens with one attached hydrogen (secondary N) is 1. The lowest BCUT2D eigenvalue weighted by molar-refractivity contribution is -0.121. The normalized spacial score (nSPS) is 13.9. The monoisotopic (exact) mass is 419 g/mol. The zero-order chi connectivity index (χ0) is 21.8. The summed E-state index contributed by atoms with van der Waals surface area (Å²) < 4.78 is 3.33. The highest BCUT2D eigenvalue weighted by molar-refractivity contribution is 5.77. The van der Waals surface area contributed by atoms with Crippen LogP contribution in [0.15, 0.2) is 46.8 Å². The molecule has 1 aliphatic rings. The van der Waals surface area contributed by atoms with Gasteiger partial charge in [-0.25, -0.2) is 9.67 Å². The van der Waals surface area contributed by atoms with Crippen molar-refractivity contribution in [2.45, 2.75) is 51.9 Å². The van der Waals surface area contributed by atoms with Crippen molar-refractivity contribution in [3.05, 3.63) is 63.7 Å². The third-order valence-corrected chi connectivity index (χ3v) is 5.86. The second-order valence-corrected chi connectivity index (χ2v) is 8.14. The van der Waals surface area contributed by atoms with Gasteiger partial charge in [-0.3, -0.25) is 14.2 Å². The fourth-order valence-corrected chi connectivity index (χ4v) is 4.14. The van der Waals surface area contributed by atoms with Crippen molar-refractivity contribution in [2.24, 2.45) is 7.05 Å². The summed E-state index contributed by atoms with van der Waals surface area (Å²) in [7, 11) is 1.73. The molecule has 7 heteroatoms. The van der Waals surface area contributed by atoms with Crippen LogP contribution in [-0.2, 0) is 18.3 Å². The lowest BCUT2D eigenvalue weighted by Gasteiger charge is -2.13. The molecule has 1 N–H and O–H groups in total. The van der Waals surface area contributed by atoms with Crippen molar-refractivity contribution in [1.82, 2.24) is 24.6 Å². The first-order valence-corrected chi connectivity index (χ1v) is 11.0. The molecule has 162 valence electrons. The number of aryl methyl sites for hydroxylation is 3. The van der Waals surface area contributed by atoms with E-state index in [0.29, 0.717) is 29.8 Å². The summed E-state index contributed by atoms with van der Waals surface area (Å²) in [6, 6.07) is 9.69. The molecule has 0 aliphatic heterocycles. The van der Waals surface area contributed by atoms with Crippen molar-refractivity contribution in [3.63, 3.8) is 0 Å². The van der Waals surface area contributed by atoms with Gasteiger partial charge in [0.2, 0.25) is 5.91 Å². The third kappa shape index (κ3) is 4.60. The lowest BCUT2D eigenvalue weighted by atomic mass is 9.97. The van der Waals surface area contributed by atoms with Gasteiger partial charge in [0.25, 0.3) is 5.56 Å². The van der Waals surface area contributed by atoms with E-state index in [0.717, 1.165) is 30.6 Å². The van der Waals surface area contributed by atoms with Crippen LogP contribution in [0.1, 0.15) is 49.9 Å². The number of fused-ring (bicyclic) bond motifs is 1. The van der Waals surface area contributed by atoms with Crippen LogP contribution in [0.3, 0.4) is 0 Å². The number of carbonyl (C=O) groups is 1. The van der Waals surface area contributed by atoms with E-state index in [9.17, 15) is 9.59 Å². The number of para-hydroxylation sites is 1. The average molecular weight is 420 g/mol. The van der Waals surface area contributed by atoms with Gasteiger partial charge in [0, 0.05) is 26.4 Å². The standard InChI is InChI=1S/C24H29N5O2/c1-17-22-23(29(27-17)19-11-7-4-8-12-19)28(2)24(31)20(26-22)13-14-21(30)25-16-15-18-9-5-3-6-10-18/h4,7-9,11-12H,3,5-6,10,13-16H2,1-2H3,(H,25,30). The van der Waals surface area contributed by atoms with Gasteiger partial charge < -0.3 is 5.32 Å². The molecule has 0 unspecified atom stereocenters. The number of amides is 1. The van der Waals surface area contributed by atoms with Crippen LogP contribution in [0, 0.1) is 6.92 Å². The second-order valence-electron chi connectivity index (χ2n) is 8.14. The van der Waals surface area contributed by atoms with Crippen LogP contribution >= 0.6 is 0 Å². The molecule has 0 bridgehead atoms. The Bertz CT molecular complexity index is 1170. The van der Waals surface area contributed by atoms with Gasteiger partial charge in [-0.15, -0.1) is 0 Å². The first-order chi connectivity index (χ1) is 15.0. The van der Waals surface area contributed by atoms with Crippen molar-refractivity contribution in [3.8, 4) is 5.69 Å². The molecule has 31 heavy (non-hydrogen) atoms. The van der Waals surface area contributed by atoms with Gasteiger partial charge >= 0.3 is 0 Å². The maximum absolute atomic E-state index is 12.9. The predicted molar refractivity (Wildman–Crippen MR) is 121 cm³/mol. The van der Waals surface area contributed by atoms with E-state index in [1.54, 1.807) is 16.3 Å². The Morgan fingerprint density at radius 2 is 1.97 bits per heavy atom. The van der Waals surface area contributed by atoms with Gasteiger partial charge in [0.15, 0.2) is 5.65 Å². The van der Waals surface area contributed by atoms with Crippen LogP contribution < -0.4 is 10.9 Å². The Morgan fingerprint density at radius 1 is 1.16 bits per heavy atom. The number of nitrogens with zero attached hydrogens (tertiary/aromatic N) is 4. The average Bonchev–Trinajstić information content (AvgIpc) is 3.13. The molecular formula is C24H29N5O2. The molecule has 2 aromatic heterocycles. The van der Waals surface area contributed by atoms with Gasteiger partial charge in [-0.1, -0.05) is 29.8 Å². The summed E-state index contributed by atoms with van der Waals surface area (Å²) in [5.41, 5.74) is 4.62. The molecule has 0 saturated heterocycles. The van der Waals surface area contributed by atoms with E-state index in [4.69, 9.17) is 0 Å². The number of aromatic nitrogens is 4. The molecule has 2 heterocycles. The van der Waals surface area contributed by atoms with Crippen molar-refractivity contribution >= 4 is 17.1 Å². The van der Waals surface area contributed by atoms with Gasteiger partial charge in [0.1, 0.15) is 11.2 Å². The van der Waals surface area contributed by atoms with Crippen LogP contribution in [0.4, 0.5) is 0 Å². The zero-order valence-corrected chi connectivity index (χ0v) is 18.2. The van der Waals surface area contributed by atoms with E-state index in [1.807, 2.05) is 37.3 Å². The fraction of sp³-hybridized carbons (Fsp3) is 0.417. The molecule has 7 nitrogen and oxygen atoms in total. The largest absolute Gasteiger partial charge is 0.356 e. The molecule has 1 amide bonds. The van der Waals surface area contributed by atoms with Gasteiger partial charge in [-0.05, 0) is 51.2 Å². The Hall–Kier alpha value is -3.22. The van der Waals surface area contributed by atoms with E-state index >= 15 is 0 Å². The fourth-order valence-electron chi connectivity index (χ4n) is 4.14. The minimum absolute atomic E-state index is 0.0444. The second kappa shape index (κ2) is 9.29. The molecule has 0 spiro atoms. The summed E-state index contributed by atoms with van der Waals surface area (Å²) in [5, 5.41) is 7.57. The smallest absolute Gasteiger partial charge is 0.273 e. The van der Waals surface area contributed by atoms with Gasteiger partial charge in [0.05, 0.1) is 11.4 Å². The first-order valence-electron chi connectivity index (χ1n) is 11.0. The first kappa shape index (κ1) is 21.0. The SMILES string of the molecule is Cc1nn(-c2ccccc2)c2c1nc(CCC(=O)NCCC1=CCCCC1)c(=O)n2C. The van der Waals surface area contributed by atoms with Crippen LogP contribution in [0.2, 0.25) is 0 Å². The number of carbonyl (C=O) groups excluding carboxylic acids is 1. The summed E-state index contributed by atoms with van der Waals surface area (Å²) >= 11 is 0. The molecule has 4 rings (SSSR count). The van der Waals surface area contributed by atoms with E-state index in [2.05, 4.69) is 21.5 Å². The number of rotatable bonds is 7. The van der Waals surface area contributed by atoms with Crippen LogP contribution in [0.5, 0.6) is 0 Å². The van der Waals surface area contributed by atoms with Crippen LogP contribution in [0.25, 0.3) is 16.9 Å². The molecule has 1 aromatic carbocycles. The quantitative estimate of drug-likeness (QED) is 0.596. The summed E-state index contributed by atoms with van der Waals surface area (Å²) in [5.74, 6) is -0.0444. The zero-order valence-electron chi connectivity index (χ0n) is 18.2. The lowest BCUT2D eigenvalue weighted by Crippen LogP contribution is -2.28. The highest BCUT2D eigenvalue weighted by atomic mass is 16.1. The molecule has 0 atom stereocenters. The van der Waals surface area contributed by atoms with E-state index in [1.165, 1.54) is 18.4 Å². The predicted octanol–water partition coefficient (Wildman–Crippen LogP) is 3.37. The Labute approximate surface area is 181 Å². The molecular weight excluding hydrogens is 390 g/mol. The molecule has 0 saturated carbocycles. The highest BCUT2D eigenvalue weighted by Crippen LogP contribution is 2.20. The topological polar surface area (TPSA) is 81.8 Å². The number of benzene rings is 1. The maximum atomic E-state index is 12.9. The minimum atomic E-state index is -0.190. The van der Waals surface area contributed by atoms with E-state index < -0.39 is 0 Å². The molecule has 0 fully saturated rings. The number of hydrogen-bond donors (Lipinski definition) is 1. The van der Waals surface area contributed by atoms with Crippen molar-refractivity contribution < 1.29 is 4.79 Å². The number of allylic oxidation sites excluding steroid dienone is 1. The number of hydrogen-bond acceptors (Lipinski definition) is 4. The third-order valence-electron chi connectivity index (χ3n) is 5.86. The van der Waals surface area contributed by atoms with Crippen molar-refractivity contribution in [2.75, 3.05) is 6.54 Å². The summed E-state index contributed by atoms with van der Waals surface area (Å²) in [6.45, 7) is 2.54. The minimum Gasteiger partial charge on any atom is -0.356 e. The maximum Gasteiger partial charge on any atom is 0.273 e. The van der Waals surface area contributed by atoms with Crippen LogP contribution in [-0.4, -0.2) is 31.8 Å². The molecule has 1 aliphatic carbocycles. The Balaban J connectivity index is 1.47. The Morgan fingerprint density at radius 3 is 2.71 bits per heavy atom.